The van der Waals surface area contributed by atoms with E-state index in [9.17, 15) is 8.42 Å². The summed E-state index contributed by atoms with van der Waals surface area (Å²) >= 11 is 0. The van der Waals surface area contributed by atoms with Crippen LogP contribution in [0.5, 0.6) is 0 Å². The molecule has 0 spiro atoms. The monoisotopic (exact) mass is 351 g/mol. The highest BCUT2D eigenvalue weighted by atomic mass is 32.2. The van der Waals surface area contributed by atoms with E-state index in [0.29, 0.717) is 17.8 Å². The molecule has 136 valence electrons. The predicted octanol–water partition coefficient (Wildman–Crippen LogP) is 4.43. The highest BCUT2D eigenvalue weighted by Gasteiger charge is 2.49. The topological polar surface area (TPSA) is 37.4 Å². The zero-order valence-corrected chi connectivity index (χ0v) is 16.9. The first-order chi connectivity index (χ1) is 11.2. The van der Waals surface area contributed by atoms with Gasteiger partial charge in [-0.1, -0.05) is 57.9 Å². The highest BCUT2D eigenvalue weighted by Crippen LogP contribution is 2.50. The minimum atomic E-state index is -3.29. The summed E-state index contributed by atoms with van der Waals surface area (Å²) in [6.45, 7) is 8.93. The van der Waals surface area contributed by atoms with Crippen molar-refractivity contribution in [3.8, 4) is 0 Å². The van der Waals surface area contributed by atoms with Crippen LogP contribution in [0.25, 0.3) is 0 Å². The van der Waals surface area contributed by atoms with E-state index < -0.39 is 15.6 Å². The van der Waals surface area contributed by atoms with Gasteiger partial charge in [0, 0.05) is 7.05 Å². The number of hydrogen-bond donors (Lipinski definition) is 0. The second kappa shape index (κ2) is 7.17. The maximum Gasteiger partial charge on any atom is 0.211 e. The summed E-state index contributed by atoms with van der Waals surface area (Å²) in [6, 6.07) is 8.45. The molecule has 3 nitrogen and oxygen atoms in total. The molecule has 1 aliphatic carbocycles. The van der Waals surface area contributed by atoms with Gasteiger partial charge in [0.25, 0.3) is 0 Å². The fraction of sp³-hybridized carbons (Fsp3) is 0.700. The number of nitrogens with zero attached hydrogens (tertiary/aromatic N) is 1. The molecule has 0 heterocycles. The van der Waals surface area contributed by atoms with Crippen LogP contribution >= 0.6 is 0 Å². The first-order valence-electron chi connectivity index (χ1n) is 9.20. The summed E-state index contributed by atoms with van der Waals surface area (Å²) in [5.41, 5.74) is 2.00. The highest BCUT2D eigenvalue weighted by molar-refractivity contribution is 7.88. The molecule has 1 aromatic rings. The Morgan fingerprint density at radius 3 is 2.42 bits per heavy atom. The number of benzene rings is 1. The van der Waals surface area contributed by atoms with Crippen molar-refractivity contribution in [3.05, 3.63) is 35.4 Å². The molecular weight excluding hydrogens is 318 g/mol. The van der Waals surface area contributed by atoms with E-state index in [0.717, 1.165) is 25.7 Å². The Kier molecular flexibility index (Phi) is 5.81. The lowest BCUT2D eigenvalue weighted by molar-refractivity contribution is 0.0684. The summed E-state index contributed by atoms with van der Waals surface area (Å²) in [7, 11) is -1.53. The molecule has 0 bridgehead atoms. The third-order valence-corrected chi connectivity index (χ3v) is 7.67. The van der Waals surface area contributed by atoms with Gasteiger partial charge in [-0.2, -0.15) is 4.31 Å². The Bertz CT molecular complexity index is 670. The summed E-state index contributed by atoms with van der Waals surface area (Å²) in [5.74, 6) is 1.40. The molecule has 0 radical (unpaired) electrons. The largest absolute Gasteiger partial charge is 0.212 e. The van der Waals surface area contributed by atoms with Crippen molar-refractivity contribution >= 4 is 10.0 Å². The molecule has 2 rings (SSSR count). The first-order valence-corrected chi connectivity index (χ1v) is 11.0. The molecule has 4 heteroatoms. The molecule has 4 atom stereocenters. The van der Waals surface area contributed by atoms with Gasteiger partial charge in [0.1, 0.15) is 0 Å². The SMILES string of the molecule is CCCC1C(CC)C(C)Cc2ccccc2C1(C)N(C)S(C)(=O)=O. The molecule has 24 heavy (non-hydrogen) atoms. The van der Waals surface area contributed by atoms with Gasteiger partial charge in [-0.3, -0.25) is 0 Å². The third-order valence-electron chi connectivity index (χ3n) is 6.30. The standard InChI is InChI=1S/C20H33NO2S/c1-7-11-19-17(8-2)15(3)14-16-12-9-10-13-18(16)20(19,4)21(5)24(6,22)23/h9-10,12-13,15,17,19H,7-8,11,14H2,1-6H3. The molecule has 0 saturated carbocycles. The molecule has 0 aromatic heterocycles. The van der Waals surface area contributed by atoms with Gasteiger partial charge < -0.3 is 0 Å². The molecule has 0 fully saturated rings. The Morgan fingerprint density at radius 2 is 1.88 bits per heavy atom. The van der Waals surface area contributed by atoms with Crippen LogP contribution in [0.2, 0.25) is 0 Å². The third kappa shape index (κ3) is 3.28. The molecule has 0 saturated heterocycles. The normalized spacial score (nSPS) is 30.9. The van der Waals surface area contributed by atoms with Crippen LogP contribution in [0.4, 0.5) is 0 Å². The molecular formula is C20H33NO2S. The number of fused-ring (bicyclic) bond motifs is 1. The zero-order valence-electron chi connectivity index (χ0n) is 16.0. The molecule has 4 unspecified atom stereocenters. The van der Waals surface area contributed by atoms with Gasteiger partial charge in [0.05, 0.1) is 11.8 Å². The second-order valence-corrected chi connectivity index (χ2v) is 9.70. The maximum atomic E-state index is 12.5. The lowest BCUT2D eigenvalue weighted by Gasteiger charge is -2.47. The van der Waals surface area contributed by atoms with Crippen molar-refractivity contribution in [2.75, 3.05) is 13.3 Å². The van der Waals surface area contributed by atoms with E-state index in [2.05, 4.69) is 45.9 Å². The lowest BCUT2D eigenvalue weighted by Crippen LogP contribution is -2.51. The average molecular weight is 352 g/mol. The van der Waals surface area contributed by atoms with Crippen LogP contribution < -0.4 is 0 Å². The van der Waals surface area contributed by atoms with Crippen LogP contribution in [-0.2, 0) is 22.0 Å². The van der Waals surface area contributed by atoms with Gasteiger partial charge in [-0.25, -0.2) is 8.42 Å². The van der Waals surface area contributed by atoms with Crippen molar-refractivity contribution < 1.29 is 8.42 Å². The van der Waals surface area contributed by atoms with Crippen LogP contribution in [0, 0.1) is 17.8 Å². The van der Waals surface area contributed by atoms with Crippen molar-refractivity contribution in [1.82, 2.24) is 4.31 Å². The van der Waals surface area contributed by atoms with Gasteiger partial charge in [0.15, 0.2) is 0 Å². The van der Waals surface area contributed by atoms with Gasteiger partial charge in [-0.05, 0) is 48.6 Å². The van der Waals surface area contributed by atoms with Crippen molar-refractivity contribution in [1.29, 1.82) is 0 Å². The summed E-state index contributed by atoms with van der Waals surface area (Å²) in [4.78, 5) is 0. The quantitative estimate of drug-likeness (QED) is 0.736. The Morgan fingerprint density at radius 1 is 1.25 bits per heavy atom. The number of hydrogen-bond acceptors (Lipinski definition) is 2. The minimum Gasteiger partial charge on any atom is -0.212 e. The Balaban J connectivity index is 2.75. The fourth-order valence-electron chi connectivity index (χ4n) is 4.94. The summed E-state index contributed by atoms with van der Waals surface area (Å²) in [6.07, 6.45) is 5.57. The smallest absolute Gasteiger partial charge is 0.211 e. The zero-order chi connectivity index (χ0) is 18.1. The number of sulfonamides is 1. The van der Waals surface area contributed by atoms with E-state index in [4.69, 9.17) is 0 Å². The average Bonchev–Trinajstić information content (AvgIpc) is 2.61. The Labute approximate surface area is 148 Å². The van der Waals surface area contributed by atoms with Gasteiger partial charge >= 0.3 is 0 Å². The van der Waals surface area contributed by atoms with E-state index in [1.807, 2.05) is 6.07 Å². The second-order valence-electron chi connectivity index (χ2n) is 7.68. The predicted molar refractivity (Wildman–Crippen MR) is 101 cm³/mol. The molecule has 1 aromatic carbocycles. The van der Waals surface area contributed by atoms with Crippen LogP contribution in [0.3, 0.4) is 0 Å². The van der Waals surface area contributed by atoms with E-state index in [1.54, 1.807) is 11.4 Å². The minimum absolute atomic E-state index is 0.325. The van der Waals surface area contributed by atoms with Crippen LogP contribution in [-0.4, -0.2) is 26.0 Å². The Hall–Kier alpha value is -0.870. The van der Waals surface area contributed by atoms with E-state index in [-0.39, 0.29) is 0 Å². The van der Waals surface area contributed by atoms with Crippen LogP contribution in [0.15, 0.2) is 24.3 Å². The van der Waals surface area contributed by atoms with Crippen LogP contribution in [0.1, 0.15) is 58.1 Å². The molecule has 0 aliphatic heterocycles. The summed E-state index contributed by atoms with van der Waals surface area (Å²) < 4.78 is 26.7. The van der Waals surface area contributed by atoms with E-state index >= 15 is 0 Å². The lowest BCUT2D eigenvalue weighted by atomic mass is 9.68. The fourth-order valence-corrected chi connectivity index (χ4v) is 5.87. The molecule has 0 N–H and O–H groups in total. The van der Waals surface area contributed by atoms with E-state index in [1.165, 1.54) is 17.4 Å². The van der Waals surface area contributed by atoms with Crippen molar-refractivity contribution in [2.45, 2.75) is 58.9 Å². The van der Waals surface area contributed by atoms with Crippen molar-refractivity contribution in [2.24, 2.45) is 17.8 Å². The molecule has 0 amide bonds. The van der Waals surface area contributed by atoms with Crippen molar-refractivity contribution in [3.63, 3.8) is 0 Å². The molecule has 1 aliphatic rings. The number of rotatable bonds is 5. The van der Waals surface area contributed by atoms with Gasteiger partial charge in [-0.15, -0.1) is 0 Å². The summed E-state index contributed by atoms with van der Waals surface area (Å²) in [5, 5.41) is 0. The maximum absolute atomic E-state index is 12.5. The first kappa shape index (κ1) is 19.5. The van der Waals surface area contributed by atoms with Gasteiger partial charge in [0.2, 0.25) is 10.0 Å².